The molecule has 0 radical (unpaired) electrons. The Morgan fingerprint density at radius 1 is 1.53 bits per heavy atom. The Labute approximate surface area is 100 Å². The van der Waals surface area contributed by atoms with Crippen LogP contribution in [0, 0.1) is 0 Å². The van der Waals surface area contributed by atoms with Crippen LogP contribution in [-0.4, -0.2) is 29.4 Å². The molecule has 1 heterocycles. The van der Waals surface area contributed by atoms with Crippen molar-refractivity contribution >= 4 is 29.1 Å². The van der Waals surface area contributed by atoms with E-state index in [0.717, 1.165) is 23.7 Å². The van der Waals surface area contributed by atoms with Gasteiger partial charge in [-0.3, -0.25) is 0 Å². The number of hydrogen-bond donors (Lipinski definition) is 2. The summed E-state index contributed by atoms with van der Waals surface area (Å²) < 4.78 is 0. The molecule has 2 N–H and O–H groups in total. The summed E-state index contributed by atoms with van der Waals surface area (Å²) in [5, 5.41) is 7.76. The molecule has 1 rings (SSSR count). The number of aromatic nitrogens is 1. The molecule has 0 amide bonds. The first-order chi connectivity index (χ1) is 7.33. The maximum Gasteiger partial charge on any atom is 0.166 e. The highest BCUT2D eigenvalue weighted by Crippen LogP contribution is 2.14. The summed E-state index contributed by atoms with van der Waals surface area (Å²) >= 11 is 6.72. The van der Waals surface area contributed by atoms with Crippen LogP contribution in [0.1, 0.15) is 6.42 Å². The molecule has 1 aromatic rings. The Bertz CT molecular complexity index is 290. The smallest absolute Gasteiger partial charge is 0.166 e. The highest BCUT2D eigenvalue weighted by atomic mass is 32.2. The number of pyridine rings is 1. The Morgan fingerprint density at radius 3 is 3.07 bits per heavy atom. The minimum absolute atomic E-state index is 0.706. The Morgan fingerprint density at radius 2 is 2.40 bits per heavy atom. The Hall–Kier alpha value is -0.810. The number of nitrogens with one attached hydrogen (secondary N) is 2. The largest absolute Gasteiger partial charge is 0.366 e. The molecule has 0 saturated carbocycles. The monoisotopic (exact) mass is 241 g/mol. The molecule has 0 aliphatic rings. The van der Waals surface area contributed by atoms with Gasteiger partial charge in [0.1, 0.15) is 0 Å². The van der Waals surface area contributed by atoms with Crippen LogP contribution in [0.25, 0.3) is 0 Å². The average molecular weight is 241 g/mol. The molecule has 0 unspecified atom stereocenters. The van der Waals surface area contributed by atoms with Crippen molar-refractivity contribution in [1.29, 1.82) is 0 Å². The van der Waals surface area contributed by atoms with Gasteiger partial charge >= 0.3 is 0 Å². The van der Waals surface area contributed by atoms with Crippen LogP contribution < -0.4 is 10.6 Å². The molecule has 0 saturated heterocycles. The quantitative estimate of drug-likeness (QED) is 0.466. The molecule has 82 valence electrons. The molecule has 15 heavy (non-hydrogen) atoms. The van der Waals surface area contributed by atoms with Gasteiger partial charge in [0.25, 0.3) is 0 Å². The van der Waals surface area contributed by atoms with E-state index in [-0.39, 0.29) is 0 Å². The van der Waals surface area contributed by atoms with Gasteiger partial charge in [-0.25, -0.2) is 4.98 Å². The predicted molar refractivity (Wildman–Crippen MR) is 69.2 cm³/mol. The standard InChI is InChI=1S/C10H15N3S2/c1-11-10(14)13-7-4-8-15-9-5-2-3-6-12-9/h2-3,5-6H,4,7-8H2,1H3,(H2,11,13,14). The third-order valence-electron chi connectivity index (χ3n) is 1.72. The molecule has 0 atom stereocenters. The molecule has 0 spiro atoms. The lowest BCUT2D eigenvalue weighted by Gasteiger charge is -2.05. The summed E-state index contributed by atoms with van der Waals surface area (Å²) in [5.41, 5.74) is 0. The Kier molecular flexibility index (Phi) is 6.11. The average Bonchev–Trinajstić information content (AvgIpc) is 2.29. The molecule has 1 aromatic heterocycles. The first-order valence-corrected chi connectivity index (χ1v) is 6.21. The molecule has 0 aromatic carbocycles. The minimum Gasteiger partial charge on any atom is -0.366 e. The topological polar surface area (TPSA) is 37.0 Å². The molecule has 0 fully saturated rings. The lowest BCUT2D eigenvalue weighted by Crippen LogP contribution is -2.33. The zero-order valence-corrected chi connectivity index (χ0v) is 10.3. The Balaban J connectivity index is 2.05. The molecule has 0 bridgehead atoms. The minimum atomic E-state index is 0.706. The van der Waals surface area contributed by atoms with E-state index in [1.165, 1.54) is 0 Å². The maximum absolute atomic E-state index is 4.96. The lowest BCUT2D eigenvalue weighted by atomic mass is 10.5. The second-order valence-corrected chi connectivity index (χ2v) is 4.40. The highest BCUT2D eigenvalue weighted by molar-refractivity contribution is 7.99. The van der Waals surface area contributed by atoms with Crippen molar-refractivity contribution in [2.24, 2.45) is 0 Å². The van der Waals surface area contributed by atoms with E-state index in [9.17, 15) is 0 Å². The molecule has 0 aliphatic heterocycles. The zero-order valence-electron chi connectivity index (χ0n) is 8.69. The number of thiocarbonyl (C=S) groups is 1. The zero-order chi connectivity index (χ0) is 10.9. The second-order valence-electron chi connectivity index (χ2n) is 2.88. The van der Waals surface area contributed by atoms with Crippen molar-refractivity contribution in [2.75, 3.05) is 19.3 Å². The number of thioether (sulfide) groups is 1. The third-order valence-corrected chi connectivity index (χ3v) is 3.10. The van der Waals surface area contributed by atoms with Gasteiger partial charge in [0.05, 0.1) is 5.03 Å². The van der Waals surface area contributed by atoms with Crippen molar-refractivity contribution < 1.29 is 0 Å². The molecular formula is C10H15N3S2. The molecule has 3 nitrogen and oxygen atoms in total. The van der Waals surface area contributed by atoms with Crippen molar-refractivity contribution in [2.45, 2.75) is 11.4 Å². The van der Waals surface area contributed by atoms with Gasteiger partial charge in [0.15, 0.2) is 5.11 Å². The fraction of sp³-hybridized carbons (Fsp3) is 0.400. The molecular weight excluding hydrogens is 226 g/mol. The van der Waals surface area contributed by atoms with E-state index < -0.39 is 0 Å². The van der Waals surface area contributed by atoms with Gasteiger partial charge in [-0.2, -0.15) is 0 Å². The van der Waals surface area contributed by atoms with E-state index >= 15 is 0 Å². The van der Waals surface area contributed by atoms with Crippen molar-refractivity contribution in [3.8, 4) is 0 Å². The summed E-state index contributed by atoms with van der Waals surface area (Å²) in [4.78, 5) is 4.23. The third kappa shape index (κ3) is 5.59. The highest BCUT2D eigenvalue weighted by Gasteiger charge is 1.94. The van der Waals surface area contributed by atoms with Crippen LogP contribution in [0.15, 0.2) is 29.4 Å². The van der Waals surface area contributed by atoms with E-state index in [4.69, 9.17) is 12.2 Å². The number of hydrogen-bond acceptors (Lipinski definition) is 3. The van der Waals surface area contributed by atoms with Crippen LogP contribution in [-0.2, 0) is 0 Å². The van der Waals surface area contributed by atoms with E-state index in [0.29, 0.717) is 5.11 Å². The summed E-state index contributed by atoms with van der Waals surface area (Å²) in [6.45, 7) is 0.902. The van der Waals surface area contributed by atoms with Gasteiger partial charge in [-0.15, -0.1) is 11.8 Å². The van der Waals surface area contributed by atoms with E-state index in [1.54, 1.807) is 11.8 Å². The van der Waals surface area contributed by atoms with Crippen LogP contribution in [0.4, 0.5) is 0 Å². The van der Waals surface area contributed by atoms with Gasteiger partial charge in [0.2, 0.25) is 0 Å². The van der Waals surface area contributed by atoms with Gasteiger partial charge in [0, 0.05) is 25.5 Å². The maximum atomic E-state index is 4.96. The fourth-order valence-corrected chi connectivity index (χ4v) is 1.88. The van der Waals surface area contributed by atoms with Crippen molar-refractivity contribution in [1.82, 2.24) is 15.6 Å². The number of nitrogens with zero attached hydrogens (tertiary/aromatic N) is 1. The number of rotatable bonds is 5. The van der Waals surface area contributed by atoms with Crippen LogP contribution in [0.2, 0.25) is 0 Å². The van der Waals surface area contributed by atoms with E-state index in [2.05, 4.69) is 15.6 Å². The first kappa shape index (κ1) is 12.3. The summed E-state index contributed by atoms with van der Waals surface area (Å²) in [6, 6.07) is 5.96. The summed E-state index contributed by atoms with van der Waals surface area (Å²) in [6.07, 6.45) is 2.89. The molecule has 5 heteroatoms. The normalized spacial score (nSPS) is 9.67. The van der Waals surface area contributed by atoms with Gasteiger partial charge in [-0.1, -0.05) is 6.07 Å². The SMILES string of the molecule is CNC(=S)NCCCSc1ccccn1. The van der Waals surface area contributed by atoms with Gasteiger partial charge in [-0.05, 0) is 30.8 Å². The van der Waals surface area contributed by atoms with Crippen molar-refractivity contribution in [3.63, 3.8) is 0 Å². The van der Waals surface area contributed by atoms with Crippen LogP contribution in [0.5, 0.6) is 0 Å². The lowest BCUT2D eigenvalue weighted by molar-refractivity contribution is 0.834. The van der Waals surface area contributed by atoms with Crippen molar-refractivity contribution in [3.05, 3.63) is 24.4 Å². The predicted octanol–water partition coefficient (Wildman–Crippen LogP) is 1.66. The van der Waals surface area contributed by atoms with E-state index in [1.807, 2.05) is 31.4 Å². The first-order valence-electron chi connectivity index (χ1n) is 4.82. The molecule has 0 aliphatic carbocycles. The fourth-order valence-electron chi connectivity index (χ4n) is 0.972. The summed E-state index contributed by atoms with van der Waals surface area (Å²) in [7, 11) is 1.82. The van der Waals surface area contributed by atoms with Crippen LogP contribution >= 0.6 is 24.0 Å². The van der Waals surface area contributed by atoms with Crippen LogP contribution in [0.3, 0.4) is 0 Å². The second kappa shape index (κ2) is 7.48. The van der Waals surface area contributed by atoms with Gasteiger partial charge < -0.3 is 10.6 Å². The summed E-state index contributed by atoms with van der Waals surface area (Å²) in [5.74, 6) is 1.05.